The highest BCUT2D eigenvalue weighted by Gasteiger charge is 2.14. The number of aryl methyl sites for hydroxylation is 2. The molecule has 0 fully saturated rings. The van der Waals surface area contributed by atoms with Gasteiger partial charge in [-0.2, -0.15) is 0 Å². The summed E-state index contributed by atoms with van der Waals surface area (Å²) in [5, 5.41) is 0. The van der Waals surface area contributed by atoms with Gasteiger partial charge in [-0.25, -0.2) is 4.98 Å². The molecule has 0 aliphatic rings. The summed E-state index contributed by atoms with van der Waals surface area (Å²) in [6, 6.07) is 12.3. The molecule has 4 heteroatoms. The molecule has 3 aromatic rings. The van der Waals surface area contributed by atoms with Gasteiger partial charge in [-0.05, 0) is 43.7 Å². The van der Waals surface area contributed by atoms with E-state index >= 15 is 0 Å². The third-order valence-electron chi connectivity index (χ3n) is 3.61. The van der Waals surface area contributed by atoms with Gasteiger partial charge < -0.3 is 10.3 Å². The SMILES string of the molecule is CCCn1c(-c2cc(C)ccc2N)nc2cc(Br)ccc21. The number of nitrogens with zero attached hydrogens (tertiary/aromatic N) is 2. The van der Waals surface area contributed by atoms with E-state index in [1.807, 2.05) is 12.1 Å². The van der Waals surface area contributed by atoms with Gasteiger partial charge in [0.2, 0.25) is 0 Å². The van der Waals surface area contributed by atoms with Crippen molar-refractivity contribution < 1.29 is 0 Å². The van der Waals surface area contributed by atoms with Crippen LogP contribution >= 0.6 is 15.9 Å². The van der Waals surface area contributed by atoms with E-state index in [2.05, 4.69) is 58.6 Å². The molecule has 0 atom stereocenters. The van der Waals surface area contributed by atoms with Crippen LogP contribution in [0.4, 0.5) is 5.69 Å². The van der Waals surface area contributed by atoms with Crippen molar-refractivity contribution >= 4 is 32.7 Å². The van der Waals surface area contributed by atoms with Crippen LogP contribution in [0, 0.1) is 6.92 Å². The van der Waals surface area contributed by atoms with Gasteiger partial charge in [0.05, 0.1) is 11.0 Å². The van der Waals surface area contributed by atoms with Gasteiger partial charge >= 0.3 is 0 Å². The third kappa shape index (κ3) is 2.56. The van der Waals surface area contributed by atoms with Crippen molar-refractivity contribution in [1.29, 1.82) is 0 Å². The maximum Gasteiger partial charge on any atom is 0.143 e. The average Bonchev–Trinajstić information content (AvgIpc) is 2.80. The largest absolute Gasteiger partial charge is 0.398 e. The standard InChI is InChI=1S/C17H18BrN3/c1-3-8-21-16-7-5-12(18)10-15(16)20-17(21)13-9-11(2)4-6-14(13)19/h4-7,9-10H,3,8,19H2,1-2H3. The fourth-order valence-electron chi connectivity index (χ4n) is 2.62. The number of nitrogen functional groups attached to an aromatic ring is 1. The minimum Gasteiger partial charge on any atom is -0.398 e. The summed E-state index contributed by atoms with van der Waals surface area (Å²) >= 11 is 3.51. The summed E-state index contributed by atoms with van der Waals surface area (Å²) in [6.45, 7) is 5.18. The molecule has 21 heavy (non-hydrogen) atoms. The first-order chi connectivity index (χ1) is 10.1. The molecular weight excluding hydrogens is 326 g/mol. The summed E-state index contributed by atoms with van der Waals surface area (Å²) in [4.78, 5) is 4.82. The first-order valence-electron chi connectivity index (χ1n) is 7.12. The van der Waals surface area contributed by atoms with Crippen molar-refractivity contribution in [3.63, 3.8) is 0 Å². The van der Waals surface area contributed by atoms with Crippen molar-refractivity contribution in [2.75, 3.05) is 5.73 Å². The second-order valence-corrected chi connectivity index (χ2v) is 6.23. The Balaban J connectivity index is 2.30. The molecule has 3 nitrogen and oxygen atoms in total. The fourth-order valence-corrected chi connectivity index (χ4v) is 2.97. The van der Waals surface area contributed by atoms with E-state index in [9.17, 15) is 0 Å². The lowest BCUT2D eigenvalue weighted by atomic mass is 10.1. The second-order valence-electron chi connectivity index (χ2n) is 5.31. The minimum absolute atomic E-state index is 0.771. The summed E-state index contributed by atoms with van der Waals surface area (Å²) in [5.41, 5.74) is 11.3. The number of benzene rings is 2. The van der Waals surface area contributed by atoms with Crippen molar-refractivity contribution in [2.24, 2.45) is 0 Å². The Morgan fingerprint density at radius 2 is 2.00 bits per heavy atom. The molecule has 0 radical (unpaired) electrons. The number of imidazole rings is 1. The lowest BCUT2D eigenvalue weighted by molar-refractivity contribution is 0.704. The Bertz CT molecular complexity index is 805. The Kier molecular flexibility index (Phi) is 3.72. The highest BCUT2D eigenvalue weighted by Crippen LogP contribution is 2.31. The number of fused-ring (bicyclic) bond motifs is 1. The number of nitrogens with two attached hydrogens (primary N) is 1. The smallest absolute Gasteiger partial charge is 0.143 e. The molecule has 0 bridgehead atoms. The van der Waals surface area contributed by atoms with E-state index in [4.69, 9.17) is 10.7 Å². The molecule has 0 amide bonds. The topological polar surface area (TPSA) is 43.8 Å². The van der Waals surface area contributed by atoms with Gasteiger partial charge in [-0.1, -0.05) is 34.5 Å². The van der Waals surface area contributed by atoms with Crippen molar-refractivity contribution in [3.8, 4) is 11.4 Å². The predicted octanol–water partition coefficient (Wildman–Crippen LogP) is 4.77. The molecule has 0 saturated heterocycles. The van der Waals surface area contributed by atoms with E-state index in [0.29, 0.717) is 0 Å². The van der Waals surface area contributed by atoms with Crippen LogP contribution in [0.5, 0.6) is 0 Å². The van der Waals surface area contributed by atoms with Crippen molar-refractivity contribution in [2.45, 2.75) is 26.8 Å². The molecule has 3 rings (SSSR count). The summed E-state index contributed by atoms with van der Waals surface area (Å²) in [5.74, 6) is 0.950. The van der Waals surface area contributed by atoms with Crippen LogP contribution in [-0.2, 0) is 6.54 Å². The van der Waals surface area contributed by atoms with E-state index in [-0.39, 0.29) is 0 Å². The van der Waals surface area contributed by atoms with Crippen LogP contribution in [0.1, 0.15) is 18.9 Å². The van der Waals surface area contributed by atoms with E-state index in [0.717, 1.165) is 45.5 Å². The second kappa shape index (κ2) is 5.53. The quantitative estimate of drug-likeness (QED) is 0.696. The highest BCUT2D eigenvalue weighted by atomic mass is 79.9. The lowest BCUT2D eigenvalue weighted by Gasteiger charge is -2.10. The Labute approximate surface area is 132 Å². The maximum absolute atomic E-state index is 6.18. The molecule has 108 valence electrons. The number of hydrogen-bond acceptors (Lipinski definition) is 2. The molecule has 1 heterocycles. The highest BCUT2D eigenvalue weighted by molar-refractivity contribution is 9.10. The summed E-state index contributed by atoms with van der Waals surface area (Å²) in [6.07, 6.45) is 1.06. The van der Waals surface area contributed by atoms with Crippen LogP contribution in [-0.4, -0.2) is 9.55 Å². The molecule has 0 aliphatic heterocycles. The average molecular weight is 344 g/mol. The Hall–Kier alpha value is -1.81. The van der Waals surface area contributed by atoms with Crippen LogP contribution in [0.3, 0.4) is 0 Å². The van der Waals surface area contributed by atoms with Crippen LogP contribution < -0.4 is 5.73 Å². The Morgan fingerprint density at radius 3 is 2.76 bits per heavy atom. The van der Waals surface area contributed by atoms with Gasteiger partial charge in [0.1, 0.15) is 5.82 Å². The predicted molar refractivity (Wildman–Crippen MR) is 92.3 cm³/mol. The minimum atomic E-state index is 0.771. The van der Waals surface area contributed by atoms with Gasteiger partial charge in [0.15, 0.2) is 0 Å². The molecule has 0 unspecified atom stereocenters. The third-order valence-corrected chi connectivity index (χ3v) is 4.10. The number of halogens is 1. The normalized spacial score (nSPS) is 11.2. The van der Waals surface area contributed by atoms with Gasteiger partial charge in [0.25, 0.3) is 0 Å². The van der Waals surface area contributed by atoms with E-state index in [1.54, 1.807) is 0 Å². The zero-order valence-corrected chi connectivity index (χ0v) is 13.8. The number of anilines is 1. The zero-order valence-electron chi connectivity index (χ0n) is 12.2. The van der Waals surface area contributed by atoms with Gasteiger partial charge in [-0.3, -0.25) is 0 Å². The molecule has 2 aromatic carbocycles. The molecule has 0 saturated carbocycles. The van der Waals surface area contributed by atoms with Crippen LogP contribution in [0.25, 0.3) is 22.4 Å². The zero-order chi connectivity index (χ0) is 15.0. The van der Waals surface area contributed by atoms with E-state index < -0.39 is 0 Å². The molecule has 1 aromatic heterocycles. The van der Waals surface area contributed by atoms with E-state index in [1.165, 1.54) is 5.56 Å². The first-order valence-corrected chi connectivity index (χ1v) is 7.91. The number of rotatable bonds is 3. The van der Waals surface area contributed by atoms with Crippen molar-refractivity contribution in [1.82, 2.24) is 9.55 Å². The number of aromatic nitrogens is 2. The molecule has 0 spiro atoms. The number of hydrogen-bond donors (Lipinski definition) is 1. The summed E-state index contributed by atoms with van der Waals surface area (Å²) < 4.78 is 3.30. The van der Waals surface area contributed by atoms with Crippen LogP contribution in [0.2, 0.25) is 0 Å². The van der Waals surface area contributed by atoms with Gasteiger partial charge in [0, 0.05) is 22.3 Å². The molecule has 2 N–H and O–H groups in total. The first kappa shape index (κ1) is 14.1. The van der Waals surface area contributed by atoms with Crippen molar-refractivity contribution in [3.05, 3.63) is 46.4 Å². The summed E-state index contributed by atoms with van der Waals surface area (Å²) in [7, 11) is 0. The molecular formula is C17H18BrN3. The Morgan fingerprint density at radius 1 is 1.19 bits per heavy atom. The van der Waals surface area contributed by atoms with Crippen LogP contribution in [0.15, 0.2) is 40.9 Å². The van der Waals surface area contributed by atoms with Gasteiger partial charge in [-0.15, -0.1) is 0 Å². The fraction of sp³-hybridized carbons (Fsp3) is 0.235. The molecule has 0 aliphatic carbocycles. The maximum atomic E-state index is 6.18. The lowest BCUT2D eigenvalue weighted by Crippen LogP contribution is -2.02. The monoisotopic (exact) mass is 343 g/mol.